The van der Waals surface area contributed by atoms with Gasteiger partial charge in [-0.15, -0.1) is 0 Å². The van der Waals surface area contributed by atoms with Gasteiger partial charge in [0.25, 0.3) is 11.7 Å². The number of carbonyl (C=O) groups excluding carboxylic acids is 2. The van der Waals surface area contributed by atoms with E-state index in [2.05, 4.69) is 0 Å². The van der Waals surface area contributed by atoms with Crippen molar-refractivity contribution in [3.05, 3.63) is 107 Å². The first-order valence-electron chi connectivity index (χ1n) is 10.7. The summed E-state index contributed by atoms with van der Waals surface area (Å²) in [6.45, 7) is 1.81. The van der Waals surface area contributed by atoms with E-state index < -0.39 is 17.7 Å². The number of amides is 1. The number of fused-ring (bicyclic) bond motifs is 1. The normalized spacial score (nSPS) is 17.4. The van der Waals surface area contributed by atoms with Crippen molar-refractivity contribution in [2.75, 3.05) is 4.90 Å². The molecule has 0 radical (unpaired) electrons. The van der Waals surface area contributed by atoms with Crippen LogP contribution in [0, 0.1) is 6.92 Å². The molecule has 4 aromatic rings. The van der Waals surface area contributed by atoms with Crippen LogP contribution in [0.25, 0.3) is 16.5 Å². The van der Waals surface area contributed by atoms with Gasteiger partial charge in [0.15, 0.2) is 0 Å². The van der Waals surface area contributed by atoms with Gasteiger partial charge in [0.05, 0.1) is 17.3 Å². The molecular weight excluding hydrogens is 430 g/mol. The highest BCUT2D eigenvalue weighted by atomic mass is 16.3. The van der Waals surface area contributed by atoms with Crippen LogP contribution in [0.2, 0.25) is 0 Å². The van der Waals surface area contributed by atoms with Crippen LogP contribution in [0.1, 0.15) is 22.7 Å². The van der Waals surface area contributed by atoms with E-state index in [1.807, 2.05) is 37.3 Å². The summed E-state index contributed by atoms with van der Waals surface area (Å²) >= 11 is 0. The Kier molecular flexibility index (Phi) is 5.06. The molecule has 0 spiro atoms. The zero-order chi connectivity index (χ0) is 24.0. The Labute approximate surface area is 195 Å². The molecule has 0 saturated carbocycles. The van der Waals surface area contributed by atoms with Gasteiger partial charge in [-0.25, -0.2) is 0 Å². The predicted molar refractivity (Wildman–Crippen MR) is 130 cm³/mol. The van der Waals surface area contributed by atoms with E-state index in [1.54, 1.807) is 36.4 Å². The molecule has 0 aliphatic carbocycles. The molecule has 4 aromatic carbocycles. The van der Waals surface area contributed by atoms with Crippen molar-refractivity contribution < 1.29 is 24.9 Å². The van der Waals surface area contributed by atoms with Gasteiger partial charge in [-0.1, -0.05) is 60.7 Å². The summed E-state index contributed by atoms with van der Waals surface area (Å²) in [5, 5.41) is 33.4. The number of hydrogen-bond donors (Lipinski definition) is 3. The van der Waals surface area contributed by atoms with Crippen LogP contribution in [-0.4, -0.2) is 27.0 Å². The minimum atomic E-state index is -1.01. The Morgan fingerprint density at radius 1 is 0.853 bits per heavy atom. The maximum absolute atomic E-state index is 13.3. The molecule has 3 N–H and O–H groups in total. The first-order chi connectivity index (χ1) is 16.4. The van der Waals surface area contributed by atoms with Gasteiger partial charge in [0.1, 0.15) is 17.3 Å². The Bertz CT molecular complexity index is 1480. The fourth-order valence-electron chi connectivity index (χ4n) is 4.46. The molecule has 6 heteroatoms. The van der Waals surface area contributed by atoms with Crippen LogP contribution < -0.4 is 4.90 Å². The predicted octanol–water partition coefficient (Wildman–Crippen LogP) is 5.19. The third-order valence-electron chi connectivity index (χ3n) is 6.09. The number of aryl methyl sites for hydroxylation is 1. The number of benzene rings is 4. The summed E-state index contributed by atoms with van der Waals surface area (Å²) in [5.41, 5.74) is 1.78. The van der Waals surface area contributed by atoms with E-state index in [1.165, 1.54) is 23.1 Å². The molecule has 1 heterocycles. The monoisotopic (exact) mass is 451 g/mol. The van der Waals surface area contributed by atoms with Crippen molar-refractivity contribution >= 4 is 33.9 Å². The smallest absolute Gasteiger partial charge is 0.300 e. The zero-order valence-corrected chi connectivity index (χ0v) is 18.3. The van der Waals surface area contributed by atoms with Gasteiger partial charge < -0.3 is 15.3 Å². The summed E-state index contributed by atoms with van der Waals surface area (Å²) in [6, 6.07) is 22.6. The number of anilines is 1. The van der Waals surface area contributed by atoms with Crippen LogP contribution in [0.15, 0.2) is 90.5 Å². The molecule has 168 valence electrons. The van der Waals surface area contributed by atoms with Crippen LogP contribution >= 0.6 is 0 Å². The van der Waals surface area contributed by atoms with Gasteiger partial charge in [-0.2, -0.15) is 0 Å². The maximum atomic E-state index is 13.3. The zero-order valence-electron chi connectivity index (χ0n) is 18.3. The average Bonchev–Trinajstić information content (AvgIpc) is 3.10. The Morgan fingerprint density at radius 3 is 2.32 bits per heavy atom. The van der Waals surface area contributed by atoms with Crippen molar-refractivity contribution in [1.82, 2.24) is 0 Å². The number of rotatable bonds is 3. The second kappa shape index (κ2) is 8.08. The number of aromatic hydroxyl groups is 2. The molecular formula is C28H21NO5. The first-order valence-corrected chi connectivity index (χ1v) is 10.7. The largest absolute Gasteiger partial charge is 0.508 e. The summed E-state index contributed by atoms with van der Waals surface area (Å²) < 4.78 is 0. The number of nitrogens with zero attached hydrogens (tertiary/aromatic N) is 1. The van der Waals surface area contributed by atoms with Gasteiger partial charge in [0, 0.05) is 5.56 Å². The SMILES string of the molecule is Cc1ccc(O)c(N2C(=O)C(=O)/C(=C(\O)c3cccc4ccccc34)C2c2ccc(O)cc2)c1. The summed E-state index contributed by atoms with van der Waals surface area (Å²) in [7, 11) is 0. The summed E-state index contributed by atoms with van der Waals surface area (Å²) in [6.07, 6.45) is 0. The minimum absolute atomic E-state index is 0.0214. The number of aliphatic hydroxyl groups is 1. The van der Waals surface area contributed by atoms with Crippen molar-refractivity contribution in [1.29, 1.82) is 0 Å². The van der Waals surface area contributed by atoms with E-state index in [4.69, 9.17) is 0 Å². The maximum Gasteiger partial charge on any atom is 0.300 e. The van der Waals surface area contributed by atoms with Crippen molar-refractivity contribution in [2.24, 2.45) is 0 Å². The minimum Gasteiger partial charge on any atom is -0.508 e. The molecule has 1 fully saturated rings. The van der Waals surface area contributed by atoms with E-state index >= 15 is 0 Å². The van der Waals surface area contributed by atoms with E-state index in [9.17, 15) is 24.9 Å². The van der Waals surface area contributed by atoms with Crippen LogP contribution in [0.4, 0.5) is 5.69 Å². The first kappa shape index (κ1) is 21.3. The van der Waals surface area contributed by atoms with E-state index in [0.717, 1.165) is 16.3 Å². The topological polar surface area (TPSA) is 98.1 Å². The van der Waals surface area contributed by atoms with Crippen molar-refractivity contribution in [3.8, 4) is 11.5 Å². The molecule has 1 aliphatic rings. The number of carbonyl (C=O) groups is 2. The van der Waals surface area contributed by atoms with Crippen LogP contribution in [0.5, 0.6) is 11.5 Å². The second-order valence-electron chi connectivity index (χ2n) is 8.28. The quantitative estimate of drug-likeness (QED) is 0.226. The third-order valence-corrected chi connectivity index (χ3v) is 6.09. The second-order valence-corrected chi connectivity index (χ2v) is 8.28. The lowest BCUT2D eigenvalue weighted by atomic mass is 9.93. The van der Waals surface area contributed by atoms with E-state index in [-0.39, 0.29) is 28.5 Å². The van der Waals surface area contributed by atoms with Crippen molar-refractivity contribution in [3.63, 3.8) is 0 Å². The standard InChI is InChI=1S/C28H21NO5/c1-16-9-14-23(31)22(15-16)29-25(18-10-12-19(30)13-11-18)24(27(33)28(29)34)26(32)21-8-4-6-17-5-2-3-7-20(17)21/h2-15,25,30-32H,1H3/b26-24-. The molecule has 6 nitrogen and oxygen atoms in total. The number of ketones is 1. The number of hydrogen-bond acceptors (Lipinski definition) is 5. The fraction of sp³-hybridized carbons (Fsp3) is 0.0714. The lowest BCUT2D eigenvalue weighted by Crippen LogP contribution is -2.29. The molecule has 34 heavy (non-hydrogen) atoms. The highest BCUT2D eigenvalue weighted by molar-refractivity contribution is 6.52. The highest BCUT2D eigenvalue weighted by Crippen LogP contribution is 2.45. The number of Topliss-reactive ketones (excluding diaryl/α,β-unsaturated/α-hetero) is 1. The molecule has 1 atom stereocenters. The lowest BCUT2D eigenvalue weighted by molar-refractivity contribution is -0.132. The van der Waals surface area contributed by atoms with Gasteiger partial charge in [0.2, 0.25) is 0 Å². The Morgan fingerprint density at radius 2 is 1.56 bits per heavy atom. The van der Waals surface area contributed by atoms with E-state index in [0.29, 0.717) is 11.1 Å². The van der Waals surface area contributed by atoms with Crippen molar-refractivity contribution in [2.45, 2.75) is 13.0 Å². The highest BCUT2D eigenvalue weighted by Gasteiger charge is 2.47. The molecule has 0 bridgehead atoms. The third kappa shape index (κ3) is 3.36. The Hall–Kier alpha value is -4.58. The fourth-order valence-corrected chi connectivity index (χ4v) is 4.46. The molecule has 0 aromatic heterocycles. The lowest BCUT2D eigenvalue weighted by Gasteiger charge is -2.26. The molecule has 1 amide bonds. The summed E-state index contributed by atoms with van der Waals surface area (Å²) in [5.74, 6) is -2.16. The molecule has 1 saturated heterocycles. The molecule has 5 rings (SSSR count). The van der Waals surface area contributed by atoms with Crippen LogP contribution in [-0.2, 0) is 9.59 Å². The Balaban J connectivity index is 1.80. The molecule has 1 aliphatic heterocycles. The molecule has 1 unspecified atom stereocenters. The van der Waals surface area contributed by atoms with Crippen LogP contribution in [0.3, 0.4) is 0 Å². The average molecular weight is 451 g/mol. The number of phenolic OH excluding ortho intramolecular Hbond substituents is 2. The van der Waals surface area contributed by atoms with Gasteiger partial charge in [-0.05, 0) is 53.1 Å². The number of aliphatic hydroxyl groups excluding tert-OH is 1. The number of phenols is 2. The summed E-state index contributed by atoms with van der Waals surface area (Å²) in [4.78, 5) is 27.8. The van der Waals surface area contributed by atoms with Gasteiger partial charge >= 0.3 is 0 Å². The van der Waals surface area contributed by atoms with Gasteiger partial charge in [-0.3, -0.25) is 14.5 Å².